The number of allylic oxidation sites excluding steroid dienone is 1. The summed E-state index contributed by atoms with van der Waals surface area (Å²) in [6, 6.07) is 15.2. The van der Waals surface area contributed by atoms with Crippen molar-refractivity contribution in [2.75, 3.05) is 13.2 Å². The molecule has 7 heteroatoms. The van der Waals surface area contributed by atoms with Crippen LogP contribution in [-0.4, -0.2) is 33.5 Å². The number of fused-ring (bicyclic) bond motifs is 2. The quantitative estimate of drug-likeness (QED) is 0.399. The van der Waals surface area contributed by atoms with Gasteiger partial charge in [-0.1, -0.05) is 12.1 Å². The lowest BCUT2D eigenvalue weighted by molar-refractivity contribution is 0.171. The van der Waals surface area contributed by atoms with Gasteiger partial charge < -0.3 is 19.6 Å². The molecule has 0 radical (unpaired) electrons. The molecule has 2 heterocycles. The summed E-state index contributed by atoms with van der Waals surface area (Å²) in [6.07, 6.45) is 0. The summed E-state index contributed by atoms with van der Waals surface area (Å²) in [4.78, 5) is 8.42. The zero-order valence-electron chi connectivity index (χ0n) is 14.6. The highest BCUT2D eigenvalue weighted by atomic mass is 32.2. The van der Waals surface area contributed by atoms with Gasteiger partial charge in [0.05, 0.1) is 16.3 Å². The number of rotatable bonds is 4. The molecule has 1 aliphatic heterocycles. The van der Waals surface area contributed by atoms with Crippen LogP contribution in [0.15, 0.2) is 53.1 Å². The number of imidazole rings is 1. The number of para-hydroxylation sites is 2. The predicted octanol–water partition coefficient (Wildman–Crippen LogP) is 4.31. The number of benzene rings is 2. The number of aromatic nitrogens is 2. The number of nitrogens with zero attached hydrogens (tertiary/aromatic N) is 2. The minimum absolute atomic E-state index is 0.0172. The van der Waals surface area contributed by atoms with Crippen LogP contribution in [0.3, 0.4) is 0 Å². The number of hydrogen-bond acceptors (Lipinski definition) is 6. The molecule has 0 aliphatic carbocycles. The first-order chi connectivity index (χ1) is 13.2. The van der Waals surface area contributed by atoms with Gasteiger partial charge in [-0.3, -0.25) is 0 Å². The van der Waals surface area contributed by atoms with Crippen molar-refractivity contribution >= 4 is 28.4 Å². The first-order valence-electron chi connectivity index (χ1n) is 8.50. The zero-order valence-corrected chi connectivity index (χ0v) is 15.4. The fourth-order valence-corrected chi connectivity index (χ4v) is 3.82. The fraction of sp³-hybridized carbons (Fsp3) is 0.200. The van der Waals surface area contributed by atoms with E-state index in [1.807, 2.05) is 49.4 Å². The molecule has 136 valence electrons. The highest BCUT2D eigenvalue weighted by Gasteiger charge is 2.20. The summed E-state index contributed by atoms with van der Waals surface area (Å²) < 4.78 is 11.1. The molecule has 0 amide bonds. The molecule has 1 aromatic heterocycles. The fourth-order valence-electron chi connectivity index (χ4n) is 2.86. The molecule has 0 fully saturated rings. The topological polar surface area (TPSA) is 91.2 Å². The minimum Gasteiger partial charge on any atom is -0.510 e. The standard InChI is InChI=1S/C20H17N3O3S/c1-12(27-13-6-7-17-18(10-13)26-9-8-25-17)19(24)14(11-21)20-22-15-4-2-3-5-16(15)23-20/h2-7,10,12,24H,8-9H2,1H3,(H,22,23)/b19-14-/t12-/m0/s1. The maximum Gasteiger partial charge on any atom is 0.162 e. The van der Waals surface area contributed by atoms with E-state index < -0.39 is 0 Å². The third-order valence-electron chi connectivity index (χ3n) is 4.21. The van der Waals surface area contributed by atoms with Crippen LogP contribution in [-0.2, 0) is 0 Å². The van der Waals surface area contributed by atoms with Crippen LogP contribution in [0, 0.1) is 11.3 Å². The Morgan fingerprint density at radius 1 is 1.22 bits per heavy atom. The maximum absolute atomic E-state index is 10.7. The van der Waals surface area contributed by atoms with Crippen LogP contribution >= 0.6 is 11.8 Å². The lowest BCUT2D eigenvalue weighted by Gasteiger charge is -2.19. The molecule has 0 spiro atoms. The Hall–Kier alpha value is -3.11. The first-order valence-corrected chi connectivity index (χ1v) is 9.38. The van der Waals surface area contributed by atoms with Crippen LogP contribution in [0.1, 0.15) is 12.7 Å². The molecule has 1 aliphatic rings. The molecule has 0 unspecified atom stereocenters. The van der Waals surface area contributed by atoms with E-state index in [0.717, 1.165) is 21.7 Å². The SMILES string of the molecule is C[C@H](Sc1ccc2c(c1)OCCO2)/C(O)=C(\C#N)c1nc2ccccc2[nH]1. The first kappa shape index (κ1) is 17.3. The van der Waals surface area contributed by atoms with Crippen molar-refractivity contribution in [2.45, 2.75) is 17.1 Å². The average molecular weight is 379 g/mol. The summed E-state index contributed by atoms with van der Waals surface area (Å²) in [7, 11) is 0. The molecule has 2 aromatic carbocycles. The minimum atomic E-state index is -0.338. The molecule has 0 saturated carbocycles. The van der Waals surface area contributed by atoms with Crippen LogP contribution in [0.4, 0.5) is 0 Å². The molecular formula is C20H17N3O3S. The van der Waals surface area contributed by atoms with Gasteiger partial charge in [-0.15, -0.1) is 11.8 Å². The van der Waals surface area contributed by atoms with Gasteiger partial charge in [-0.2, -0.15) is 5.26 Å². The van der Waals surface area contributed by atoms with Crippen LogP contribution in [0.2, 0.25) is 0 Å². The molecule has 27 heavy (non-hydrogen) atoms. The number of aromatic amines is 1. The molecule has 0 saturated heterocycles. The average Bonchev–Trinajstić information content (AvgIpc) is 3.12. The van der Waals surface area contributed by atoms with Gasteiger partial charge in [0.15, 0.2) is 17.3 Å². The Morgan fingerprint density at radius 2 is 2.00 bits per heavy atom. The van der Waals surface area contributed by atoms with Gasteiger partial charge in [-0.05, 0) is 37.3 Å². The summed E-state index contributed by atoms with van der Waals surface area (Å²) in [5.74, 6) is 1.76. The summed E-state index contributed by atoms with van der Waals surface area (Å²) in [5.41, 5.74) is 1.71. The second-order valence-corrected chi connectivity index (χ2v) is 7.45. The number of nitriles is 1. The number of thioether (sulfide) groups is 1. The van der Waals surface area contributed by atoms with Crippen molar-refractivity contribution in [3.63, 3.8) is 0 Å². The number of hydrogen-bond donors (Lipinski definition) is 2. The normalized spacial score (nSPS) is 15.1. The lowest BCUT2D eigenvalue weighted by atomic mass is 10.2. The van der Waals surface area contributed by atoms with Crippen molar-refractivity contribution in [1.82, 2.24) is 9.97 Å². The lowest BCUT2D eigenvalue weighted by Crippen LogP contribution is -2.15. The number of aliphatic hydroxyl groups is 1. The van der Waals surface area contributed by atoms with E-state index in [0.29, 0.717) is 24.8 Å². The van der Waals surface area contributed by atoms with Gasteiger partial charge in [0.25, 0.3) is 0 Å². The summed E-state index contributed by atoms with van der Waals surface area (Å²) >= 11 is 1.43. The van der Waals surface area contributed by atoms with Gasteiger partial charge in [0.2, 0.25) is 0 Å². The van der Waals surface area contributed by atoms with Gasteiger partial charge in [0, 0.05) is 4.90 Å². The Kier molecular flexibility index (Phi) is 4.65. The van der Waals surface area contributed by atoms with Crippen molar-refractivity contribution in [3.05, 3.63) is 54.0 Å². The van der Waals surface area contributed by atoms with Crippen molar-refractivity contribution in [1.29, 1.82) is 5.26 Å². The Balaban J connectivity index is 1.61. The van der Waals surface area contributed by atoms with Gasteiger partial charge >= 0.3 is 0 Å². The highest BCUT2D eigenvalue weighted by molar-refractivity contribution is 8.00. The van der Waals surface area contributed by atoms with E-state index in [-0.39, 0.29) is 16.6 Å². The Bertz CT molecular complexity index is 1030. The zero-order chi connectivity index (χ0) is 18.8. The van der Waals surface area contributed by atoms with Crippen molar-refractivity contribution in [3.8, 4) is 17.6 Å². The van der Waals surface area contributed by atoms with E-state index in [1.54, 1.807) is 0 Å². The second kappa shape index (κ2) is 7.25. The van der Waals surface area contributed by atoms with Crippen molar-refractivity contribution in [2.24, 2.45) is 0 Å². The third-order valence-corrected chi connectivity index (χ3v) is 5.31. The third kappa shape index (κ3) is 3.44. The van der Waals surface area contributed by atoms with E-state index in [1.165, 1.54) is 11.8 Å². The maximum atomic E-state index is 10.7. The molecule has 2 N–H and O–H groups in total. The van der Waals surface area contributed by atoms with Crippen LogP contribution in [0.5, 0.6) is 11.5 Å². The molecule has 0 bridgehead atoms. The molecule has 4 rings (SSSR count). The Labute approximate surface area is 160 Å². The second-order valence-electron chi connectivity index (χ2n) is 6.04. The van der Waals surface area contributed by atoms with E-state index in [9.17, 15) is 10.4 Å². The number of H-pyrrole nitrogens is 1. The monoisotopic (exact) mass is 379 g/mol. The predicted molar refractivity (Wildman–Crippen MR) is 104 cm³/mol. The molecular weight excluding hydrogens is 362 g/mol. The Morgan fingerprint density at radius 3 is 2.78 bits per heavy atom. The molecule has 6 nitrogen and oxygen atoms in total. The molecule has 3 aromatic rings. The van der Waals surface area contributed by atoms with Crippen LogP contribution < -0.4 is 9.47 Å². The highest BCUT2D eigenvalue weighted by Crippen LogP contribution is 2.37. The number of nitrogens with one attached hydrogen (secondary N) is 1. The van der Waals surface area contributed by atoms with Gasteiger partial charge in [-0.25, -0.2) is 4.98 Å². The van der Waals surface area contributed by atoms with E-state index >= 15 is 0 Å². The van der Waals surface area contributed by atoms with Crippen LogP contribution in [0.25, 0.3) is 16.6 Å². The number of aliphatic hydroxyl groups excluding tert-OH is 1. The smallest absolute Gasteiger partial charge is 0.162 e. The van der Waals surface area contributed by atoms with E-state index in [2.05, 4.69) is 16.0 Å². The molecule has 1 atom stereocenters. The summed E-state index contributed by atoms with van der Waals surface area (Å²) in [5, 5.41) is 19.9. The number of ether oxygens (including phenoxy) is 2. The van der Waals surface area contributed by atoms with Crippen molar-refractivity contribution < 1.29 is 14.6 Å². The van der Waals surface area contributed by atoms with Gasteiger partial charge in [0.1, 0.15) is 30.6 Å². The summed E-state index contributed by atoms with van der Waals surface area (Å²) in [6.45, 7) is 2.91. The largest absolute Gasteiger partial charge is 0.510 e. The van der Waals surface area contributed by atoms with E-state index in [4.69, 9.17) is 9.47 Å².